The molecule has 0 aromatic rings. The van der Waals surface area contributed by atoms with Crippen molar-refractivity contribution in [3.63, 3.8) is 0 Å². The van der Waals surface area contributed by atoms with Gasteiger partial charge in [0.25, 0.3) is 0 Å². The van der Waals surface area contributed by atoms with E-state index in [-0.39, 0.29) is 31.1 Å². The van der Waals surface area contributed by atoms with Crippen molar-refractivity contribution >= 4 is 17.9 Å². The standard InChI is InChI=1S/C50H88O6/c1-4-7-10-13-16-19-22-24-25-26-29-31-34-37-40-43-49(52)55-46-47(45-54-48(51)42-39-36-33-30-27-21-18-15-12-9-6-3)56-50(53)44-41-38-35-32-28-23-20-17-14-11-8-5-2/h7,10,15-16,18-19,24-25,47H,4-6,8-9,11-14,17,20-23,26-46H2,1-3H3/b10-7-,18-15-,19-16-,25-24-/t47-/m1/s1. The molecule has 0 heterocycles. The Balaban J connectivity index is 4.39. The van der Waals surface area contributed by atoms with Crippen molar-refractivity contribution in [1.82, 2.24) is 0 Å². The molecular weight excluding hydrogens is 697 g/mol. The molecule has 0 aromatic carbocycles. The molecular formula is C50H88O6. The highest BCUT2D eigenvalue weighted by Crippen LogP contribution is 2.14. The van der Waals surface area contributed by atoms with Gasteiger partial charge < -0.3 is 14.2 Å². The maximum Gasteiger partial charge on any atom is 0.306 e. The summed E-state index contributed by atoms with van der Waals surface area (Å²) in [6, 6.07) is 0. The maximum atomic E-state index is 12.7. The van der Waals surface area contributed by atoms with Crippen LogP contribution in [0.2, 0.25) is 0 Å². The first-order valence-electron chi connectivity index (χ1n) is 23.6. The third-order valence-electron chi connectivity index (χ3n) is 10.1. The van der Waals surface area contributed by atoms with Gasteiger partial charge in [-0.25, -0.2) is 0 Å². The highest BCUT2D eigenvalue weighted by atomic mass is 16.6. The molecule has 324 valence electrons. The Morgan fingerprint density at radius 1 is 0.375 bits per heavy atom. The minimum Gasteiger partial charge on any atom is -0.462 e. The normalized spacial score (nSPS) is 12.4. The van der Waals surface area contributed by atoms with Crippen LogP contribution in [0.1, 0.15) is 233 Å². The topological polar surface area (TPSA) is 78.9 Å². The van der Waals surface area contributed by atoms with E-state index in [0.29, 0.717) is 19.3 Å². The SMILES string of the molecule is CC/C=C\C/C=C\C/C=C\CCCCCCCC(=O)OC[C@@H](COC(=O)CCCCCCC/C=C\CCCC)OC(=O)CCCCCCCCCCCCCC. The summed E-state index contributed by atoms with van der Waals surface area (Å²) < 4.78 is 16.7. The van der Waals surface area contributed by atoms with E-state index >= 15 is 0 Å². The fourth-order valence-electron chi connectivity index (χ4n) is 6.50. The highest BCUT2D eigenvalue weighted by Gasteiger charge is 2.19. The van der Waals surface area contributed by atoms with Crippen LogP contribution in [0.15, 0.2) is 48.6 Å². The molecule has 0 saturated heterocycles. The number of ether oxygens (including phenoxy) is 3. The van der Waals surface area contributed by atoms with E-state index in [4.69, 9.17) is 14.2 Å². The summed E-state index contributed by atoms with van der Waals surface area (Å²) in [5, 5.41) is 0. The van der Waals surface area contributed by atoms with Crippen LogP contribution in [0.5, 0.6) is 0 Å². The van der Waals surface area contributed by atoms with Crippen molar-refractivity contribution in [2.45, 2.75) is 239 Å². The predicted octanol–water partition coefficient (Wildman–Crippen LogP) is 15.1. The summed E-state index contributed by atoms with van der Waals surface area (Å²) in [7, 11) is 0. The Morgan fingerprint density at radius 3 is 1.16 bits per heavy atom. The molecule has 56 heavy (non-hydrogen) atoms. The molecule has 0 N–H and O–H groups in total. The smallest absolute Gasteiger partial charge is 0.306 e. The average molecular weight is 785 g/mol. The van der Waals surface area contributed by atoms with Gasteiger partial charge in [-0.15, -0.1) is 0 Å². The summed E-state index contributed by atoms with van der Waals surface area (Å²) in [6.45, 7) is 6.46. The summed E-state index contributed by atoms with van der Waals surface area (Å²) >= 11 is 0. The minimum absolute atomic E-state index is 0.0816. The number of unbranched alkanes of at least 4 members (excludes halogenated alkanes) is 23. The highest BCUT2D eigenvalue weighted by molar-refractivity contribution is 5.71. The fraction of sp³-hybridized carbons (Fsp3) is 0.780. The van der Waals surface area contributed by atoms with E-state index in [1.54, 1.807) is 0 Å². The summed E-state index contributed by atoms with van der Waals surface area (Å²) in [5.74, 6) is -0.906. The minimum atomic E-state index is -0.778. The van der Waals surface area contributed by atoms with E-state index in [1.165, 1.54) is 89.9 Å². The molecule has 0 rings (SSSR count). The lowest BCUT2D eigenvalue weighted by molar-refractivity contribution is -0.167. The van der Waals surface area contributed by atoms with Crippen LogP contribution in [-0.4, -0.2) is 37.2 Å². The van der Waals surface area contributed by atoms with Gasteiger partial charge in [-0.3, -0.25) is 14.4 Å². The van der Waals surface area contributed by atoms with Gasteiger partial charge in [-0.1, -0.05) is 191 Å². The zero-order valence-corrected chi connectivity index (χ0v) is 36.9. The molecule has 0 unspecified atom stereocenters. The van der Waals surface area contributed by atoms with Crippen molar-refractivity contribution in [3.8, 4) is 0 Å². The number of rotatable bonds is 42. The van der Waals surface area contributed by atoms with E-state index < -0.39 is 6.10 Å². The zero-order chi connectivity index (χ0) is 40.8. The monoisotopic (exact) mass is 785 g/mol. The molecule has 1 atom stereocenters. The molecule has 0 saturated carbocycles. The molecule has 6 nitrogen and oxygen atoms in total. The van der Waals surface area contributed by atoms with E-state index in [2.05, 4.69) is 69.4 Å². The lowest BCUT2D eigenvalue weighted by Crippen LogP contribution is -2.30. The van der Waals surface area contributed by atoms with Gasteiger partial charge in [0.2, 0.25) is 0 Å². The predicted molar refractivity (Wildman–Crippen MR) is 238 cm³/mol. The zero-order valence-electron chi connectivity index (χ0n) is 36.9. The lowest BCUT2D eigenvalue weighted by atomic mass is 10.0. The van der Waals surface area contributed by atoms with Crippen molar-refractivity contribution in [3.05, 3.63) is 48.6 Å². The van der Waals surface area contributed by atoms with Crippen LogP contribution in [-0.2, 0) is 28.6 Å². The van der Waals surface area contributed by atoms with Gasteiger partial charge in [0.15, 0.2) is 6.10 Å². The van der Waals surface area contributed by atoms with E-state index in [1.807, 2.05) is 0 Å². The lowest BCUT2D eigenvalue weighted by Gasteiger charge is -2.18. The maximum absolute atomic E-state index is 12.7. The number of hydrogen-bond acceptors (Lipinski definition) is 6. The number of carbonyl (C=O) groups is 3. The summed E-state index contributed by atoms with van der Waals surface area (Å²) in [4.78, 5) is 37.8. The second-order valence-electron chi connectivity index (χ2n) is 15.6. The third-order valence-corrected chi connectivity index (χ3v) is 10.1. The molecule has 0 bridgehead atoms. The first-order chi connectivity index (χ1) is 27.5. The molecule has 0 radical (unpaired) electrons. The Morgan fingerprint density at radius 2 is 0.714 bits per heavy atom. The molecule has 0 fully saturated rings. The Hall–Kier alpha value is -2.63. The van der Waals surface area contributed by atoms with Gasteiger partial charge in [-0.05, 0) is 70.6 Å². The van der Waals surface area contributed by atoms with Crippen molar-refractivity contribution in [1.29, 1.82) is 0 Å². The fourth-order valence-corrected chi connectivity index (χ4v) is 6.50. The molecule has 0 spiro atoms. The number of carbonyl (C=O) groups excluding carboxylic acids is 3. The summed E-state index contributed by atoms with van der Waals surface area (Å²) in [6.07, 6.45) is 52.3. The van der Waals surface area contributed by atoms with Gasteiger partial charge in [0.05, 0.1) is 0 Å². The molecule has 0 amide bonds. The largest absolute Gasteiger partial charge is 0.462 e. The van der Waals surface area contributed by atoms with Crippen LogP contribution in [0.4, 0.5) is 0 Å². The third kappa shape index (κ3) is 42.5. The van der Waals surface area contributed by atoms with E-state index in [0.717, 1.165) is 103 Å². The van der Waals surface area contributed by atoms with Crippen LogP contribution in [0, 0.1) is 0 Å². The molecule has 0 aromatic heterocycles. The second kappa shape index (κ2) is 45.1. The van der Waals surface area contributed by atoms with Gasteiger partial charge >= 0.3 is 17.9 Å². The molecule has 0 aliphatic carbocycles. The molecule has 0 aliphatic heterocycles. The first-order valence-corrected chi connectivity index (χ1v) is 23.6. The average Bonchev–Trinajstić information content (AvgIpc) is 3.19. The first kappa shape index (κ1) is 53.4. The van der Waals surface area contributed by atoms with Crippen LogP contribution < -0.4 is 0 Å². The van der Waals surface area contributed by atoms with Crippen molar-refractivity contribution in [2.75, 3.05) is 13.2 Å². The second-order valence-corrected chi connectivity index (χ2v) is 15.6. The molecule has 0 aliphatic rings. The Labute approximate surface area is 346 Å². The van der Waals surface area contributed by atoms with Crippen LogP contribution in [0.3, 0.4) is 0 Å². The van der Waals surface area contributed by atoms with Gasteiger partial charge in [0, 0.05) is 19.3 Å². The Bertz CT molecular complexity index is 996. The number of hydrogen-bond donors (Lipinski definition) is 0. The van der Waals surface area contributed by atoms with Gasteiger partial charge in [0.1, 0.15) is 13.2 Å². The van der Waals surface area contributed by atoms with Gasteiger partial charge in [-0.2, -0.15) is 0 Å². The number of allylic oxidation sites excluding steroid dienone is 8. The van der Waals surface area contributed by atoms with Crippen molar-refractivity contribution in [2.24, 2.45) is 0 Å². The number of esters is 3. The Kier molecular flexibility index (Phi) is 43.0. The quantitative estimate of drug-likeness (QED) is 0.0265. The van der Waals surface area contributed by atoms with E-state index in [9.17, 15) is 14.4 Å². The summed E-state index contributed by atoms with van der Waals surface area (Å²) in [5.41, 5.74) is 0. The van der Waals surface area contributed by atoms with Crippen molar-refractivity contribution < 1.29 is 28.6 Å². The molecule has 6 heteroatoms. The van der Waals surface area contributed by atoms with Crippen LogP contribution in [0.25, 0.3) is 0 Å². The van der Waals surface area contributed by atoms with Crippen LogP contribution >= 0.6 is 0 Å².